The molecule has 4 N–H and O–H groups in total. The fourth-order valence-electron chi connectivity index (χ4n) is 3.75. The Kier molecular flexibility index (Phi) is 5.58. The molecule has 1 saturated carbocycles. The number of aromatic amines is 1. The first-order chi connectivity index (χ1) is 13.7. The Hall–Kier alpha value is -2.86. The van der Waals surface area contributed by atoms with Gasteiger partial charge in [0.25, 0.3) is 0 Å². The Morgan fingerprint density at radius 3 is 2.75 bits per heavy atom. The monoisotopic (exact) mass is 378 g/mol. The quantitative estimate of drug-likeness (QED) is 0.610. The molecule has 0 bridgehead atoms. The smallest absolute Gasteiger partial charge is 0.237 e. The predicted octanol–water partition coefficient (Wildman–Crippen LogP) is 3.67. The van der Waals surface area contributed by atoms with Crippen molar-refractivity contribution in [1.29, 1.82) is 0 Å². The van der Waals surface area contributed by atoms with Crippen LogP contribution in [0.25, 0.3) is 11.0 Å². The summed E-state index contributed by atoms with van der Waals surface area (Å²) in [5.41, 5.74) is 7.93. The molecule has 1 aromatic carbocycles. The number of pyridine rings is 1. The number of nitrogens with zero attached hydrogens (tertiary/aromatic N) is 1. The van der Waals surface area contributed by atoms with Crippen LogP contribution >= 0.6 is 0 Å². The van der Waals surface area contributed by atoms with Crippen LogP contribution in [0.1, 0.15) is 37.7 Å². The Bertz CT molecular complexity index is 929. The van der Waals surface area contributed by atoms with Gasteiger partial charge < -0.3 is 20.8 Å². The summed E-state index contributed by atoms with van der Waals surface area (Å²) < 4.78 is 5.99. The number of fused-ring (bicyclic) bond motifs is 1. The highest BCUT2D eigenvalue weighted by Gasteiger charge is 2.20. The van der Waals surface area contributed by atoms with Crippen LogP contribution in [0.15, 0.2) is 48.8 Å². The summed E-state index contributed by atoms with van der Waals surface area (Å²) in [4.78, 5) is 19.7. The molecule has 0 aliphatic heterocycles. The van der Waals surface area contributed by atoms with Crippen LogP contribution in [-0.4, -0.2) is 28.0 Å². The molecule has 146 valence electrons. The highest BCUT2D eigenvalue weighted by Crippen LogP contribution is 2.28. The first-order valence-corrected chi connectivity index (χ1v) is 9.94. The number of carbonyl (C=O) groups is 1. The van der Waals surface area contributed by atoms with E-state index in [1.54, 1.807) is 6.20 Å². The Labute approximate surface area is 164 Å². The third kappa shape index (κ3) is 4.34. The second-order valence-corrected chi connectivity index (χ2v) is 7.45. The van der Waals surface area contributed by atoms with Gasteiger partial charge in [-0.2, -0.15) is 0 Å². The number of hydrogen-bond donors (Lipinski definition) is 3. The van der Waals surface area contributed by atoms with Crippen molar-refractivity contribution >= 4 is 16.9 Å². The molecule has 1 aliphatic rings. The third-order valence-corrected chi connectivity index (χ3v) is 5.32. The van der Waals surface area contributed by atoms with E-state index >= 15 is 0 Å². The number of carbonyl (C=O) groups excluding carboxylic acids is 1. The Morgan fingerprint density at radius 2 is 1.96 bits per heavy atom. The first kappa shape index (κ1) is 18.5. The van der Waals surface area contributed by atoms with Gasteiger partial charge >= 0.3 is 0 Å². The van der Waals surface area contributed by atoms with E-state index in [0.29, 0.717) is 6.42 Å². The van der Waals surface area contributed by atoms with E-state index in [-0.39, 0.29) is 11.9 Å². The van der Waals surface area contributed by atoms with E-state index in [9.17, 15) is 4.79 Å². The van der Waals surface area contributed by atoms with Crippen molar-refractivity contribution in [2.75, 3.05) is 0 Å². The van der Waals surface area contributed by atoms with E-state index in [1.165, 1.54) is 19.3 Å². The van der Waals surface area contributed by atoms with E-state index in [4.69, 9.17) is 10.5 Å². The van der Waals surface area contributed by atoms with Crippen LogP contribution in [0.2, 0.25) is 0 Å². The lowest BCUT2D eigenvalue weighted by Gasteiger charge is -2.24. The van der Waals surface area contributed by atoms with Gasteiger partial charge in [0.15, 0.2) is 0 Å². The molecule has 3 aromatic rings. The van der Waals surface area contributed by atoms with Gasteiger partial charge in [0, 0.05) is 18.4 Å². The zero-order valence-electron chi connectivity index (χ0n) is 15.9. The number of aromatic nitrogens is 2. The molecule has 4 rings (SSSR count). The highest BCUT2D eigenvalue weighted by atomic mass is 16.5. The van der Waals surface area contributed by atoms with Gasteiger partial charge in [-0.25, -0.2) is 4.98 Å². The van der Waals surface area contributed by atoms with Crippen LogP contribution in [-0.2, 0) is 11.2 Å². The second kappa shape index (κ2) is 8.44. The van der Waals surface area contributed by atoms with Gasteiger partial charge in [0.05, 0.1) is 11.4 Å². The molecule has 6 nitrogen and oxygen atoms in total. The van der Waals surface area contributed by atoms with Gasteiger partial charge in [-0.1, -0.05) is 31.4 Å². The summed E-state index contributed by atoms with van der Waals surface area (Å²) in [6.45, 7) is 0. The zero-order chi connectivity index (χ0) is 19.3. The summed E-state index contributed by atoms with van der Waals surface area (Å²) in [6.07, 6.45) is 9.84. The van der Waals surface area contributed by atoms with Crippen LogP contribution in [0.4, 0.5) is 0 Å². The molecule has 2 aromatic heterocycles. The number of rotatable bonds is 6. The molecule has 0 unspecified atom stereocenters. The minimum Gasteiger partial charge on any atom is -0.457 e. The molecule has 0 radical (unpaired) electrons. The summed E-state index contributed by atoms with van der Waals surface area (Å²) in [7, 11) is 0. The fraction of sp³-hybridized carbons (Fsp3) is 0.364. The summed E-state index contributed by atoms with van der Waals surface area (Å²) in [5.74, 6) is 1.43. The standard InChI is InChI=1S/C22H26N4O2/c23-19(22(27)26-16-4-2-1-3-5-16)14-15-6-8-17(9-7-15)28-20-11-13-25-21-18(20)10-12-24-21/h6-13,16,19H,1-5,14,23H2,(H,24,25)(H,26,27)/t19-/m0/s1. The lowest BCUT2D eigenvalue weighted by Crippen LogP contribution is -2.46. The number of ether oxygens (including phenoxy) is 1. The fourth-order valence-corrected chi connectivity index (χ4v) is 3.75. The molecular weight excluding hydrogens is 352 g/mol. The number of hydrogen-bond acceptors (Lipinski definition) is 4. The maximum atomic E-state index is 12.4. The third-order valence-electron chi connectivity index (χ3n) is 5.32. The van der Waals surface area contributed by atoms with Gasteiger partial charge in [-0.05, 0) is 49.1 Å². The minimum atomic E-state index is -0.534. The van der Waals surface area contributed by atoms with Crippen molar-refractivity contribution in [3.05, 3.63) is 54.4 Å². The molecule has 1 amide bonds. The minimum absolute atomic E-state index is 0.0566. The van der Waals surface area contributed by atoms with E-state index in [1.807, 2.05) is 42.6 Å². The highest BCUT2D eigenvalue weighted by molar-refractivity contribution is 5.83. The summed E-state index contributed by atoms with van der Waals surface area (Å²) >= 11 is 0. The van der Waals surface area contributed by atoms with Crippen molar-refractivity contribution in [2.45, 2.75) is 50.6 Å². The average Bonchev–Trinajstić information content (AvgIpc) is 3.20. The van der Waals surface area contributed by atoms with Crippen LogP contribution in [0.5, 0.6) is 11.5 Å². The van der Waals surface area contributed by atoms with Gasteiger partial charge in [-0.3, -0.25) is 4.79 Å². The van der Waals surface area contributed by atoms with Crippen LogP contribution in [0.3, 0.4) is 0 Å². The molecule has 0 saturated heterocycles. The van der Waals surface area contributed by atoms with Crippen LogP contribution in [0, 0.1) is 0 Å². The number of H-pyrrole nitrogens is 1. The molecule has 2 heterocycles. The Balaban J connectivity index is 1.35. The Morgan fingerprint density at radius 1 is 1.18 bits per heavy atom. The normalized spacial score (nSPS) is 16.0. The second-order valence-electron chi connectivity index (χ2n) is 7.45. The zero-order valence-corrected chi connectivity index (χ0v) is 15.9. The average molecular weight is 378 g/mol. The number of nitrogens with one attached hydrogen (secondary N) is 2. The molecule has 1 fully saturated rings. The molecule has 1 atom stereocenters. The lowest BCUT2D eigenvalue weighted by atomic mass is 9.95. The van der Waals surface area contributed by atoms with Crippen molar-refractivity contribution in [3.63, 3.8) is 0 Å². The van der Waals surface area contributed by atoms with E-state index in [2.05, 4.69) is 15.3 Å². The summed E-state index contributed by atoms with van der Waals surface area (Å²) in [5, 5.41) is 4.04. The van der Waals surface area contributed by atoms with Gasteiger partial charge in [0.2, 0.25) is 5.91 Å². The maximum Gasteiger partial charge on any atom is 0.237 e. The molecule has 28 heavy (non-hydrogen) atoms. The number of nitrogens with two attached hydrogens (primary N) is 1. The van der Waals surface area contributed by atoms with Crippen molar-refractivity contribution in [2.24, 2.45) is 5.73 Å². The lowest BCUT2D eigenvalue weighted by molar-refractivity contribution is -0.123. The topological polar surface area (TPSA) is 93.0 Å². The SMILES string of the molecule is N[C@@H](Cc1ccc(Oc2ccnc3[nH]ccc23)cc1)C(=O)NC1CCCCC1. The van der Waals surface area contributed by atoms with Gasteiger partial charge in [0.1, 0.15) is 17.1 Å². The number of benzene rings is 1. The van der Waals surface area contributed by atoms with Crippen molar-refractivity contribution in [1.82, 2.24) is 15.3 Å². The maximum absolute atomic E-state index is 12.4. The summed E-state index contributed by atoms with van der Waals surface area (Å²) in [6, 6.07) is 11.3. The molecule has 1 aliphatic carbocycles. The molecule has 6 heteroatoms. The van der Waals surface area contributed by atoms with Crippen LogP contribution < -0.4 is 15.8 Å². The molecule has 0 spiro atoms. The number of amides is 1. The predicted molar refractivity (Wildman–Crippen MR) is 109 cm³/mol. The van der Waals surface area contributed by atoms with Crippen molar-refractivity contribution < 1.29 is 9.53 Å². The largest absolute Gasteiger partial charge is 0.457 e. The first-order valence-electron chi connectivity index (χ1n) is 9.94. The van der Waals surface area contributed by atoms with E-state index < -0.39 is 6.04 Å². The molecular formula is C22H26N4O2. The van der Waals surface area contributed by atoms with Gasteiger partial charge in [-0.15, -0.1) is 0 Å². The van der Waals surface area contributed by atoms with E-state index in [0.717, 1.165) is 40.9 Å². The van der Waals surface area contributed by atoms with Crippen molar-refractivity contribution in [3.8, 4) is 11.5 Å².